The minimum Gasteiger partial charge on any atom is -0.494 e. The van der Waals surface area contributed by atoms with Crippen molar-refractivity contribution in [3.8, 4) is 11.5 Å². The van der Waals surface area contributed by atoms with Gasteiger partial charge in [-0.2, -0.15) is 0 Å². The van der Waals surface area contributed by atoms with Gasteiger partial charge in [0.05, 0.1) is 20.1 Å². The summed E-state index contributed by atoms with van der Waals surface area (Å²) in [6, 6.07) is 12.5. The van der Waals surface area contributed by atoms with E-state index in [9.17, 15) is 9.18 Å². The molecule has 0 aliphatic carbocycles. The molecule has 0 saturated heterocycles. The number of methoxy groups -OCH3 is 1. The maximum atomic E-state index is 13.6. The van der Waals surface area contributed by atoms with Gasteiger partial charge >= 0.3 is 0 Å². The normalized spacial score (nSPS) is 11.1. The van der Waals surface area contributed by atoms with Crippen LogP contribution in [0, 0.1) is 5.82 Å². The lowest BCUT2D eigenvalue weighted by atomic mass is 9.87. The first-order chi connectivity index (χ1) is 12.3. The highest BCUT2D eigenvalue weighted by Crippen LogP contribution is 2.24. The highest BCUT2D eigenvalue weighted by molar-refractivity contribution is 5.78. The molecular weight excluding hydrogens is 333 g/mol. The third-order valence-corrected chi connectivity index (χ3v) is 3.99. The predicted octanol–water partition coefficient (Wildman–Crippen LogP) is 3.87. The maximum absolute atomic E-state index is 13.6. The average Bonchev–Trinajstić information content (AvgIpc) is 2.58. The molecule has 0 atom stereocenters. The number of amides is 1. The van der Waals surface area contributed by atoms with Crippen molar-refractivity contribution in [3.05, 3.63) is 59.4 Å². The van der Waals surface area contributed by atoms with Gasteiger partial charge < -0.3 is 14.8 Å². The summed E-state index contributed by atoms with van der Waals surface area (Å²) in [7, 11) is 1.40. The molecular formula is C21H26FNO3. The van der Waals surface area contributed by atoms with Gasteiger partial charge in [-0.15, -0.1) is 0 Å². The summed E-state index contributed by atoms with van der Waals surface area (Å²) in [6.07, 6.45) is 0.112. The fourth-order valence-corrected chi connectivity index (χ4v) is 2.48. The molecule has 1 N–H and O–H groups in total. The molecule has 0 fully saturated rings. The molecule has 0 heterocycles. The van der Waals surface area contributed by atoms with Gasteiger partial charge in [-0.25, -0.2) is 4.39 Å². The van der Waals surface area contributed by atoms with Crippen molar-refractivity contribution in [1.82, 2.24) is 5.32 Å². The number of halogens is 1. The van der Waals surface area contributed by atoms with E-state index in [0.29, 0.717) is 18.7 Å². The van der Waals surface area contributed by atoms with Crippen molar-refractivity contribution in [2.24, 2.45) is 0 Å². The topological polar surface area (TPSA) is 47.6 Å². The van der Waals surface area contributed by atoms with Crippen LogP contribution in [0.15, 0.2) is 42.5 Å². The molecule has 2 rings (SSSR count). The third kappa shape index (κ3) is 5.76. The van der Waals surface area contributed by atoms with Crippen LogP contribution in [0.1, 0.15) is 31.9 Å². The van der Waals surface area contributed by atoms with E-state index in [-0.39, 0.29) is 23.5 Å². The van der Waals surface area contributed by atoms with Crippen LogP contribution in [-0.2, 0) is 16.6 Å². The van der Waals surface area contributed by atoms with Gasteiger partial charge in [0, 0.05) is 0 Å². The Kier molecular flexibility index (Phi) is 6.61. The van der Waals surface area contributed by atoms with E-state index in [1.165, 1.54) is 24.8 Å². The Morgan fingerprint density at radius 3 is 2.38 bits per heavy atom. The molecule has 2 aromatic rings. The summed E-state index contributed by atoms with van der Waals surface area (Å²) < 4.78 is 24.1. The van der Waals surface area contributed by atoms with Gasteiger partial charge in [-0.3, -0.25) is 4.79 Å². The average molecular weight is 359 g/mol. The van der Waals surface area contributed by atoms with Crippen molar-refractivity contribution in [3.63, 3.8) is 0 Å². The molecule has 0 bridgehead atoms. The van der Waals surface area contributed by atoms with Crippen molar-refractivity contribution in [2.75, 3.05) is 20.3 Å². The number of hydrogen-bond donors (Lipinski definition) is 1. The molecule has 0 aliphatic heterocycles. The van der Waals surface area contributed by atoms with E-state index in [4.69, 9.17) is 9.47 Å². The van der Waals surface area contributed by atoms with E-state index in [0.717, 1.165) is 5.75 Å². The number of ether oxygens (including phenoxy) is 2. The fraction of sp³-hybridized carbons (Fsp3) is 0.381. The summed E-state index contributed by atoms with van der Waals surface area (Å²) in [5.74, 6) is 0.283. The molecule has 0 unspecified atom stereocenters. The second kappa shape index (κ2) is 8.70. The summed E-state index contributed by atoms with van der Waals surface area (Å²) in [5, 5.41) is 2.77. The highest BCUT2D eigenvalue weighted by Gasteiger charge is 2.13. The smallest absolute Gasteiger partial charge is 0.224 e. The lowest BCUT2D eigenvalue weighted by Gasteiger charge is -2.19. The van der Waals surface area contributed by atoms with Crippen LogP contribution in [0.3, 0.4) is 0 Å². The molecule has 5 heteroatoms. The number of nitrogens with one attached hydrogen (secondary N) is 1. The summed E-state index contributed by atoms with van der Waals surface area (Å²) in [4.78, 5) is 11.9. The molecule has 1 amide bonds. The zero-order chi connectivity index (χ0) is 19.2. The zero-order valence-corrected chi connectivity index (χ0v) is 15.8. The van der Waals surface area contributed by atoms with Crippen LogP contribution >= 0.6 is 0 Å². The number of carbonyl (C=O) groups is 1. The quantitative estimate of drug-likeness (QED) is 0.764. The first kappa shape index (κ1) is 19.8. The van der Waals surface area contributed by atoms with Crippen LogP contribution in [0.2, 0.25) is 0 Å². The molecule has 0 saturated carbocycles. The zero-order valence-electron chi connectivity index (χ0n) is 15.8. The van der Waals surface area contributed by atoms with Gasteiger partial charge in [0.2, 0.25) is 5.91 Å². The van der Waals surface area contributed by atoms with Crippen molar-refractivity contribution >= 4 is 5.91 Å². The Balaban J connectivity index is 1.74. The number of benzene rings is 2. The van der Waals surface area contributed by atoms with Crippen molar-refractivity contribution in [2.45, 2.75) is 32.6 Å². The van der Waals surface area contributed by atoms with Gasteiger partial charge in [0.25, 0.3) is 0 Å². The van der Waals surface area contributed by atoms with Crippen molar-refractivity contribution < 1.29 is 18.7 Å². The minimum atomic E-state index is -0.472. The number of rotatable bonds is 7. The summed E-state index contributed by atoms with van der Waals surface area (Å²) >= 11 is 0. The monoisotopic (exact) mass is 359 g/mol. The Hall–Kier alpha value is -2.56. The molecule has 0 spiro atoms. The SMILES string of the molecule is COc1ccc(CC(=O)NCCOc2ccc(C(C)(C)C)cc2)cc1F. The van der Waals surface area contributed by atoms with Gasteiger partial charge in [0.15, 0.2) is 11.6 Å². The first-order valence-electron chi connectivity index (χ1n) is 8.62. The van der Waals surface area contributed by atoms with Crippen molar-refractivity contribution in [1.29, 1.82) is 0 Å². The number of carbonyl (C=O) groups excluding carboxylic acids is 1. The van der Waals surface area contributed by atoms with E-state index in [1.807, 2.05) is 24.3 Å². The summed E-state index contributed by atoms with van der Waals surface area (Å²) in [6.45, 7) is 7.24. The Bertz CT molecular complexity index is 736. The summed E-state index contributed by atoms with van der Waals surface area (Å²) in [5.41, 5.74) is 1.94. The minimum absolute atomic E-state index is 0.105. The molecule has 0 radical (unpaired) electrons. The van der Waals surface area contributed by atoms with Gasteiger partial charge in [-0.1, -0.05) is 39.0 Å². The van der Waals surface area contributed by atoms with E-state index in [2.05, 4.69) is 26.1 Å². The van der Waals surface area contributed by atoms with Crippen LogP contribution in [-0.4, -0.2) is 26.2 Å². The van der Waals surface area contributed by atoms with Crippen LogP contribution < -0.4 is 14.8 Å². The van der Waals surface area contributed by atoms with Gasteiger partial charge in [-0.05, 0) is 40.8 Å². The van der Waals surface area contributed by atoms with E-state index >= 15 is 0 Å². The predicted molar refractivity (Wildman–Crippen MR) is 100 cm³/mol. The maximum Gasteiger partial charge on any atom is 0.224 e. The molecule has 2 aromatic carbocycles. The molecule has 140 valence electrons. The second-order valence-corrected chi connectivity index (χ2v) is 7.12. The van der Waals surface area contributed by atoms with Crippen LogP contribution in [0.5, 0.6) is 11.5 Å². The Labute approximate surface area is 154 Å². The highest BCUT2D eigenvalue weighted by atomic mass is 19.1. The molecule has 26 heavy (non-hydrogen) atoms. The Morgan fingerprint density at radius 2 is 1.81 bits per heavy atom. The van der Waals surface area contributed by atoms with Crippen LogP contribution in [0.4, 0.5) is 4.39 Å². The number of hydrogen-bond acceptors (Lipinski definition) is 3. The van der Waals surface area contributed by atoms with E-state index < -0.39 is 5.82 Å². The third-order valence-electron chi connectivity index (χ3n) is 3.99. The lowest BCUT2D eigenvalue weighted by Crippen LogP contribution is -2.29. The largest absolute Gasteiger partial charge is 0.494 e. The first-order valence-corrected chi connectivity index (χ1v) is 8.62. The van der Waals surface area contributed by atoms with Gasteiger partial charge in [0.1, 0.15) is 12.4 Å². The van der Waals surface area contributed by atoms with E-state index in [1.54, 1.807) is 6.07 Å². The second-order valence-electron chi connectivity index (χ2n) is 7.12. The lowest BCUT2D eigenvalue weighted by molar-refractivity contribution is -0.120. The Morgan fingerprint density at radius 1 is 1.12 bits per heavy atom. The van der Waals surface area contributed by atoms with Crippen LogP contribution in [0.25, 0.3) is 0 Å². The molecule has 0 aliphatic rings. The molecule has 4 nitrogen and oxygen atoms in total. The molecule has 0 aromatic heterocycles. The standard InChI is InChI=1S/C21H26FNO3/c1-21(2,3)16-6-8-17(9-7-16)26-12-11-23-20(24)14-15-5-10-19(25-4)18(22)13-15/h5-10,13H,11-12,14H2,1-4H3,(H,23,24). The fourth-order valence-electron chi connectivity index (χ4n) is 2.48.